The van der Waals surface area contributed by atoms with E-state index in [0.717, 1.165) is 50.2 Å². The van der Waals surface area contributed by atoms with Crippen molar-refractivity contribution in [1.82, 2.24) is 14.7 Å². The molecule has 3 aliphatic rings. The van der Waals surface area contributed by atoms with Gasteiger partial charge in [-0.3, -0.25) is 0 Å². The van der Waals surface area contributed by atoms with Crippen LogP contribution in [0.3, 0.4) is 0 Å². The maximum absolute atomic E-state index is 12.4. The van der Waals surface area contributed by atoms with Gasteiger partial charge in [0.05, 0.1) is 16.9 Å². The van der Waals surface area contributed by atoms with E-state index in [1.807, 2.05) is 54.7 Å². The summed E-state index contributed by atoms with van der Waals surface area (Å²) < 4.78 is 7.50. The molecular formula is C26H32Cl2N3O2+. The maximum atomic E-state index is 12.4. The number of hydrogen-bond acceptors (Lipinski definition) is 3. The molecule has 0 bridgehead atoms. The second kappa shape index (κ2) is 8.35. The maximum Gasteiger partial charge on any atom is 0.410 e. The standard InChI is InChI=1S/C26H32Cl2N3O2/c1-25(2,3)33-24(32)30-11-9-26(10-12-30)14-17(15-26)13-22-19(18-7-8-18)16-29-31(22)23-20(27)5-4-6-21(23)28/h4-6,13,16,18,27H,7-12,14-15H2,1-3H3/q+1. The highest BCUT2D eigenvalue weighted by Gasteiger charge is 2.44. The van der Waals surface area contributed by atoms with Gasteiger partial charge in [-0.25, -0.2) is 9.48 Å². The first-order chi connectivity index (χ1) is 15.6. The largest absolute Gasteiger partial charge is 0.444 e. The molecule has 1 saturated heterocycles. The van der Waals surface area contributed by atoms with E-state index in [1.165, 1.54) is 24.0 Å². The molecule has 0 atom stereocenters. The third kappa shape index (κ3) is 4.67. The van der Waals surface area contributed by atoms with Gasteiger partial charge in [0, 0.05) is 24.7 Å². The predicted molar refractivity (Wildman–Crippen MR) is 128 cm³/mol. The summed E-state index contributed by atoms with van der Waals surface area (Å²) in [5, 5.41) is 6.05. The van der Waals surface area contributed by atoms with Gasteiger partial charge in [-0.05, 0) is 82.8 Å². The number of aromatic nitrogens is 2. The number of carbonyl (C=O) groups excluding carboxylic acids is 1. The molecule has 1 aliphatic heterocycles. The van der Waals surface area contributed by atoms with Crippen molar-refractivity contribution < 1.29 is 21.1 Å². The van der Waals surface area contributed by atoms with Crippen LogP contribution in [0, 0.1) is 17.0 Å². The first-order valence-electron chi connectivity index (χ1n) is 11.9. The van der Waals surface area contributed by atoms with E-state index in [0.29, 0.717) is 21.4 Å². The molecule has 5 rings (SSSR count). The van der Waals surface area contributed by atoms with Gasteiger partial charge in [0.1, 0.15) is 11.3 Å². The molecule has 0 radical (unpaired) electrons. The minimum atomic E-state index is -0.451. The number of para-hydroxylation sites is 1. The second-order valence-corrected chi connectivity index (χ2v) is 11.7. The minimum absolute atomic E-state index is 0.190. The van der Waals surface area contributed by atoms with Crippen LogP contribution in [-0.2, 0) is 4.74 Å². The van der Waals surface area contributed by atoms with E-state index >= 15 is 0 Å². The van der Waals surface area contributed by atoms with Crippen molar-refractivity contribution in [3.05, 3.63) is 51.3 Å². The zero-order chi connectivity index (χ0) is 23.4. The van der Waals surface area contributed by atoms with E-state index < -0.39 is 5.60 Å². The zero-order valence-corrected chi connectivity index (χ0v) is 21.1. The number of allylic oxidation sites excluding steroid dienone is 1. The first kappa shape index (κ1) is 22.8. The van der Waals surface area contributed by atoms with E-state index in [4.69, 9.17) is 33.0 Å². The number of halogens is 2. The van der Waals surface area contributed by atoms with Gasteiger partial charge >= 0.3 is 6.09 Å². The van der Waals surface area contributed by atoms with Crippen LogP contribution >= 0.6 is 11.6 Å². The van der Waals surface area contributed by atoms with Gasteiger partial charge in [-0.1, -0.05) is 23.2 Å². The van der Waals surface area contributed by atoms with Crippen molar-refractivity contribution in [2.24, 2.45) is 5.41 Å². The van der Waals surface area contributed by atoms with Crippen LogP contribution in [0.4, 0.5) is 4.79 Å². The first-order valence-corrected chi connectivity index (χ1v) is 12.6. The Balaban J connectivity index is 1.32. The van der Waals surface area contributed by atoms with Crippen molar-refractivity contribution in [3.63, 3.8) is 0 Å². The van der Waals surface area contributed by atoms with Gasteiger partial charge in [0.15, 0.2) is 11.6 Å². The van der Waals surface area contributed by atoms with E-state index in [1.54, 1.807) is 0 Å². The normalized spacial score (nSPS) is 20.0. The Labute approximate surface area is 205 Å². The molecule has 0 unspecified atom stereocenters. The number of benzene rings is 1. The minimum Gasteiger partial charge on any atom is -0.444 e. The Kier molecular flexibility index (Phi) is 5.77. The molecule has 0 N–H and O–H groups in total. The number of hydrogen-bond donors (Lipinski definition) is 0. The van der Waals surface area contributed by atoms with Crippen LogP contribution in [-0.4, -0.2) is 39.5 Å². The fourth-order valence-electron chi connectivity index (χ4n) is 5.15. The molecule has 2 heterocycles. The Morgan fingerprint density at radius 3 is 2.55 bits per heavy atom. The van der Waals surface area contributed by atoms with Gasteiger partial charge < -0.3 is 9.64 Å². The van der Waals surface area contributed by atoms with Crippen molar-refractivity contribution in [2.75, 3.05) is 13.1 Å². The van der Waals surface area contributed by atoms with Crippen LogP contribution in [0.25, 0.3) is 11.8 Å². The average Bonchev–Trinajstić information content (AvgIpc) is 3.48. The fourth-order valence-corrected chi connectivity index (χ4v) is 5.74. The molecule has 2 aromatic rings. The number of piperidine rings is 1. The van der Waals surface area contributed by atoms with Gasteiger partial charge in [0.2, 0.25) is 0 Å². The summed E-state index contributed by atoms with van der Waals surface area (Å²) in [6.45, 7) is 7.28. The lowest BCUT2D eigenvalue weighted by Crippen LogP contribution is -2.47. The van der Waals surface area contributed by atoms with Crippen molar-refractivity contribution >= 4 is 23.8 Å². The monoisotopic (exact) mass is 488 g/mol. The molecule has 1 spiro atoms. The molecule has 7 heteroatoms. The highest BCUT2D eigenvalue weighted by molar-refractivity contribution is 6.32. The molecule has 1 aromatic carbocycles. The molecule has 1 aromatic heterocycles. The molecular weight excluding hydrogens is 457 g/mol. The van der Waals surface area contributed by atoms with E-state index in [2.05, 4.69) is 6.08 Å². The highest BCUT2D eigenvalue weighted by Crippen LogP contribution is 2.53. The van der Waals surface area contributed by atoms with Gasteiger partial charge in [0.25, 0.3) is 5.02 Å². The topological polar surface area (TPSA) is 47.4 Å². The van der Waals surface area contributed by atoms with Crippen LogP contribution in [0.5, 0.6) is 0 Å². The smallest absolute Gasteiger partial charge is 0.410 e. The summed E-state index contributed by atoms with van der Waals surface area (Å²) in [6, 6.07) is 5.67. The molecule has 176 valence electrons. The third-order valence-electron chi connectivity index (χ3n) is 7.04. The number of amides is 1. The zero-order valence-electron chi connectivity index (χ0n) is 19.6. The SMILES string of the molecule is CC(C)(C)OC(=O)N1CCC2(CC1)CC(=Cc1c(C3CC3)cnn1-c1c(Cl)cccc1[ClH+])C2. The number of carbonyl (C=O) groups is 1. The summed E-state index contributed by atoms with van der Waals surface area (Å²) >= 11 is 12.1. The van der Waals surface area contributed by atoms with Crippen LogP contribution in [0.15, 0.2) is 30.0 Å². The predicted octanol–water partition coefficient (Wildman–Crippen LogP) is 6.29. The summed E-state index contributed by atoms with van der Waals surface area (Å²) in [7, 11) is 0. The van der Waals surface area contributed by atoms with Crippen molar-refractivity contribution in [2.45, 2.75) is 70.8 Å². The summed E-state index contributed by atoms with van der Waals surface area (Å²) in [5.41, 5.74) is 4.54. The highest BCUT2D eigenvalue weighted by atomic mass is 35.5. The summed E-state index contributed by atoms with van der Waals surface area (Å²) in [4.78, 5) is 14.3. The molecule has 1 amide bonds. The molecule has 3 fully saturated rings. The van der Waals surface area contributed by atoms with E-state index in [9.17, 15) is 4.79 Å². The Hall–Kier alpha value is -1.98. The Morgan fingerprint density at radius 2 is 1.94 bits per heavy atom. The lowest BCUT2D eigenvalue weighted by molar-refractivity contribution is -0.288. The number of ether oxygens (including phenoxy) is 1. The molecule has 33 heavy (non-hydrogen) atoms. The Bertz CT molecular complexity index is 1070. The van der Waals surface area contributed by atoms with Gasteiger partial charge in [-0.15, -0.1) is 0 Å². The van der Waals surface area contributed by atoms with Gasteiger partial charge in [-0.2, -0.15) is 5.10 Å². The second-order valence-electron chi connectivity index (χ2n) is 10.9. The fraction of sp³-hybridized carbons (Fsp3) is 0.538. The molecule has 2 aliphatic carbocycles. The van der Waals surface area contributed by atoms with Crippen LogP contribution in [0.1, 0.15) is 76.5 Å². The number of likely N-dealkylation sites (tertiary alicyclic amines) is 1. The van der Waals surface area contributed by atoms with Crippen molar-refractivity contribution in [1.29, 1.82) is 0 Å². The average molecular weight is 489 g/mol. The summed E-state index contributed by atoms with van der Waals surface area (Å²) in [5.74, 6) is 0.591. The molecule has 5 nitrogen and oxygen atoms in total. The quantitative estimate of drug-likeness (QED) is 0.509. The molecule has 2 saturated carbocycles. The van der Waals surface area contributed by atoms with E-state index in [-0.39, 0.29) is 6.09 Å². The van der Waals surface area contributed by atoms with Crippen LogP contribution in [0.2, 0.25) is 10.0 Å². The number of nitrogens with zero attached hydrogens (tertiary/aromatic N) is 3. The third-order valence-corrected chi connectivity index (χ3v) is 7.67. The lowest BCUT2D eigenvalue weighted by Gasteiger charge is -2.49. The van der Waals surface area contributed by atoms with Crippen molar-refractivity contribution in [3.8, 4) is 5.69 Å². The lowest BCUT2D eigenvalue weighted by atomic mass is 9.60. The van der Waals surface area contributed by atoms with Crippen LogP contribution < -0.4 is 0 Å². The Morgan fingerprint density at radius 1 is 1.24 bits per heavy atom. The summed E-state index contributed by atoms with van der Waals surface area (Å²) in [6.07, 6.45) is 10.8. The number of rotatable bonds is 3.